The molecule has 0 amide bonds. The summed E-state index contributed by atoms with van der Waals surface area (Å²) in [5, 5.41) is 0.400. The average Bonchev–Trinajstić information content (AvgIpc) is 2.81. The second-order valence-electron chi connectivity index (χ2n) is 6.03. The maximum atomic E-state index is 14.4. The Morgan fingerprint density at radius 1 is 1.32 bits per heavy atom. The van der Waals surface area contributed by atoms with Gasteiger partial charge in [-0.1, -0.05) is 32.4 Å². The molecule has 0 saturated carbocycles. The number of ether oxygens (including phenoxy) is 1. The molecule has 0 radical (unpaired) electrons. The average molecular weight is 341 g/mol. The van der Waals surface area contributed by atoms with E-state index in [4.69, 9.17) is 27.9 Å². The van der Waals surface area contributed by atoms with E-state index in [0.29, 0.717) is 34.6 Å². The van der Waals surface area contributed by atoms with Crippen LogP contribution in [0.3, 0.4) is 0 Å². The van der Waals surface area contributed by atoms with Crippen molar-refractivity contribution in [2.24, 2.45) is 5.92 Å². The normalized spacial score (nSPS) is 20.1. The smallest absolute Gasteiger partial charge is 0.222 e. The third kappa shape index (κ3) is 2.34. The van der Waals surface area contributed by atoms with Gasteiger partial charge in [0.05, 0.1) is 23.5 Å². The van der Waals surface area contributed by atoms with Crippen LogP contribution >= 0.6 is 23.2 Å². The molecule has 1 aliphatic heterocycles. The first kappa shape index (κ1) is 15.5. The lowest BCUT2D eigenvalue weighted by Gasteiger charge is -2.27. The summed E-state index contributed by atoms with van der Waals surface area (Å²) in [6.45, 7) is 6.72. The third-order valence-corrected chi connectivity index (χ3v) is 4.90. The molecule has 0 aliphatic carbocycles. The summed E-state index contributed by atoms with van der Waals surface area (Å²) in [5.41, 5.74) is 1.57. The lowest BCUT2D eigenvalue weighted by Crippen LogP contribution is -2.30. The number of hydrogen-bond donors (Lipinski definition) is 0. The maximum absolute atomic E-state index is 14.4. The van der Waals surface area contributed by atoms with Crippen molar-refractivity contribution >= 4 is 23.2 Å². The molecule has 3 rings (SSSR count). The van der Waals surface area contributed by atoms with Crippen molar-refractivity contribution in [1.82, 2.24) is 9.97 Å². The Kier molecular flexibility index (Phi) is 3.77. The van der Waals surface area contributed by atoms with Gasteiger partial charge in [-0.2, -0.15) is 0 Å². The number of fused-ring (bicyclic) bond motifs is 1. The Hall–Kier alpha value is -1.39. The SMILES string of the molecule is CC(C)C1(C)COc2c(F)cc(-c3nc(Cl)ncc3Cl)cc21. The first-order valence-electron chi connectivity index (χ1n) is 6.98. The summed E-state index contributed by atoms with van der Waals surface area (Å²) in [5.74, 6) is 0.201. The van der Waals surface area contributed by atoms with Gasteiger partial charge >= 0.3 is 0 Å². The zero-order valence-corrected chi connectivity index (χ0v) is 14.0. The molecule has 1 aromatic heterocycles. The van der Waals surface area contributed by atoms with Crippen LogP contribution in [-0.4, -0.2) is 16.6 Å². The molecule has 0 bridgehead atoms. The van der Waals surface area contributed by atoms with Gasteiger partial charge in [-0.25, -0.2) is 14.4 Å². The Labute approximate surface area is 138 Å². The number of aromatic nitrogens is 2. The fraction of sp³-hybridized carbons (Fsp3) is 0.375. The molecule has 1 aromatic carbocycles. The molecule has 0 spiro atoms. The van der Waals surface area contributed by atoms with E-state index in [-0.39, 0.29) is 10.7 Å². The number of nitrogens with zero attached hydrogens (tertiary/aromatic N) is 2. The molecule has 0 fully saturated rings. The van der Waals surface area contributed by atoms with Crippen molar-refractivity contribution in [3.63, 3.8) is 0 Å². The van der Waals surface area contributed by atoms with Crippen LogP contribution < -0.4 is 4.74 Å². The second kappa shape index (κ2) is 5.36. The molecule has 2 aromatic rings. The van der Waals surface area contributed by atoms with E-state index < -0.39 is 5.82 Å². The minimum Gasteiger partial charge on any atom is -0.489 e. The van der Waals surface area contributed by atoms with Crippen LogP contribution in [0.2, 0.25) is 10.3 Å². The van der Waals surface area contributed by atoms with Gasteiger partial charge in [-0.3, -0.25) is 0 Å². The number of halogens is 3. The van der Waals surface area contributed by atoms with Gasteiger partial charge in [0, 0.05) is 16.5 Å². The molecule has 3 nitrogen and oxygen atoms in total. The Morgan fingerprint density at radius 2 is 2.05 bits per heavy atom. The lowest BCUT2D eigenvalue weighted by atomic mass is 9.74. The number of hydrogen-bond acceptors (Lipinski definition) is 3. The molecule has 1 aliphatic rings. The van der Waals surface area contributed by atoms with E-state index >= 15 is 0 Å². The first-order valence-corrected chi connectivity index (χ1v) is 7.73. The van der Waals surface area contributed by atoms with Gasteiger partial charge in [-0.15, -0.1) is 0 Å². The summed E-state index contributed by atoms with van der Waals surface area (Å²) >= 11 is 12.0. The van der Waals surface area contributed by atoms with E-state index in [1.165, 1.54) is 12.3 Å². The molecule has 2 heterocycles. The van der Waals surface area contributed by atoms with E-state index in [9.17, 15) is 4.39 Å². The summed E-state index contributed by atoms with van der Waals surface area (Å²) in [7, 11) is 0. The van der Waals surface area contributed by atoms with Crippen molar-refractivity contribution in [2.45, 2.75) is 26.2 Å². The predicted octanol–water partition coefficient (Wildman–Crippen LogP) is 4.90. The zero-order chi connectivity index (χ0) is 16.1. The molecule has 0 saturated heterocycles. The molecule has 6 heteroatoms. The largest absolute Gasteiger partial charge is 0.489 e. The van der Waals surface area contributed by atoms with Crippen LogP contribution in [0.15, 0.2) is 18.3 Å². The van der Waals surface area contributed by atoms with E-state index in [2.05, 4.69) is 30.7 Å². The quantitative estimate of drug-likeness (QED) is 0.729. The summed E-state index contributed by atoms with van der Waals surface area (Å²) in [6.07, 6.45) is 1.41. The third-order valence-electron chi connectivity index (χ3n) is 4.44. The van der Waals surface area contributed by atoms with Crippen LogP contribution in [0.1, 0.15) is 26.3 Å². The fourth-order valence-corrected chi connectivity index (χ4v) is 2.96. The van der Waals surface area contributed by atoms with Gasteiger partial charge in [0.15, 0.2) is 11.6 Å². The van der Waals surface area contributed by atoms with Crippen molar-refractivity contribution in [2.75, 3.05) is 6.61 Å². The monoisotopic (exact) mass is 340 g/mol. The zero-order valence-electron chi connectivity index (χ0n) is 12.5. The van der Waals surface area contributed by atoms with Gasteiger partial charge in [-0.05, 0) is 29.7 Å². The van der Waals surface area contributed by atoms with Crippen LogP contribution in [0.4, 0.5) is 4.39 Å². The van der Waals surface area contributed by atoms with Crippen molar-refractivity contribution in [3.05, 3.63) is 40.0 Å². The topological polar surface area (TPSA) is 35.0 Å². The highest BCUT2D eigenvalue weighted by molar-refractivity contribution is 6.33. The van der Waals surface area contributed by atoms with Crippen molar-refractivity contribution in [3.8, 4) is 17.0 Å². The maximum Gasteiger partial charge on any atom is 0.222 e. The van der Waals surface area contributed by atoms with E-state index in [0.717, 1.165) is 5.56 Å². The highest BCUT2D eigenvalue weighted by Crippen LogP contribution is 2.46. The Balaban J connectivity index is 2.21. The van der Waals surface area contributed by atoms with E-state index in [1.54, 1.807) is 0 Å². The van der Waals surface area contributed by atoms with Gasteiger partial charge < -0.3 is 4.74 Å². The molecular formula is C16H15Cl2FN2O. The van der Waals surface area contributed by atoms with Crippen molar-refractivity contribution in [1.29, 1.82) is 0 Å². The van der Waals surface area contributed by atoms with Gasteiger partial charge in [0.2, 0.25) is 5.28 Å². The van der Waals surface area contributed by atoms with Gasteiger partial charge in [0.1, 0.15) is 0 Å². The standard InChI is InChI=1S/C16H15Cl2FN2O/c1-8(2)16(3)7-22-14-10(16)4-9(5-12(14)19)13-11(17)6-20-15(18)21-13/h4-6,8H,7H2,1-3H3. The Bertz CT molecular complexity index is 751. The highest BCUT2D eigenvalue weighted by Gasteiger charge is 2.41. The molecule has 116 valence electrons. The minimum atomic E-state index is -0.414. The van der Waals surface area contributed by atoms with Crippen LogP contribution in [0, 0.1) is 11.7 Å². The summed E-state index contributed by atoms with van der Waals surface area (Å²) in [6, 6.07) is 3.26. The molecule has 0 N–H and O–H groups in total. The number of benzene rings is 1. The predicted molar refractivity (Wildman–Crippen MR) is 85.1 cm³/mol. The molecule has 1 atom stereocenters. The molecular weight excluding hydrogens is 326 g/mol. The summed E-state index contributed by atoms with van der Waals surface area (Å²) in [4.78, 5) is 7.94. The lowest BCUT2D eigenvalue weighted by molar-refractivity contribution is 0.227. The van der Waals surface area contributed by atoms with Crippen LogP contribution in [0.25, 0.3) is 11.3 Å². The first-order chi connectivity index (χ1) is 10.3. The molecule has 22 heavy (non-hydrogen) atoms. The Morgan fingerprint density at radius 3 is 2.73 bits per heavy atom. The van der Waals surface area contributed by atoms with Crippen LogP contribution in [-0.2, 0) is 5.41 Å². The summed E-state index contributed by atoms with van der Waals surface area (Å²) < 4.78 is 20.0. The van der Waals surface area contributed by atoms with Gasteiger partial charge in [0.25, 0.3) is 0 Å². The number of rotatable bonds is 2. The van der Waals surface area contributed by atoms with Crippen molar-refractivity contribution < 1.29 is 9.13 Å². The molecule has 1 unspecified atom stereocenters. The van der Waals surface area contributed by atoms with E-state index in [1.807, 2.05) is 6.07 Å². The van der Waals surface area contributed by atoms with Crippen LogP contribution in [0.5, 0.6) is 5.75 Å². The fourth-order valence-electron chi connectivity index (χ4n) is 2.63. The second-order valence-corrected chi connectivity index (χ2v) is 6.78. The minimum absolute atomic E-state index is 0.0724. The highest BCUT2D eigenvalue weighted by atomic mass is 35.5.